The molecule has 0 spiro atoms. The molecule has 0 atom stereocenters. The van der Waals surface area contributed by atoms with Gasteiger partial charge in [0.05, 0.1) is 19.9 Å². The molecule has 0 bridgehead atoms. The minimum absolute atomic E-state index is 0.577. The van der Waals surface area contributed by atoms with Crippen LogP contribution in [0.3, 0.4) is 0 Å². The van der Waals surface area contributed by atoms with Crippen molar-refractivity contribution in [3.8, 4) is 22.8 Å². The van der Waals surface area contributed by atoms with E-state index < -0.39 is 0 Å². The van der Waals surface area contributed by atoms with Gasteiger partial charge in [-0.15, -0.1) is 11.3 Å². The first-order valence-corrected chi connectivity index (χ1v) is 9.40. The number of methoxy groups -OCH3 is 2. The lowest BCUT2D eigenvalue weighted by Gasteiger charge is -2.12. The van der Waals surface area contributed by atoms with Gasteiger partial charge in [0.15, 0.2) is 5.13 Å². The number of thiazole rings is 1. The fraction of sp³-hybridized carbons (Fsp3) is 0.526. The number of nitrogen functional groups attached to an aromatic ring is 1. The van der Waals surface area contributed by atoms with E-state index in [0.29, 0.717) is 5.13 Å². The van der Waals surface area contributed by atoms with E-state index in [1.165, 1.54) is 43.4 Å². The number of aromatic nitrogens is 1. The third-order valence-electron chi connectivity index (χ3n) is 4.26. The van der Waals surface area contributed by atoms with Gasteiger partial charge in [-0.1, -0.05) is 39.0 Å². The van der Waals surface area contributed by atoms with E-state index in [4.69, 9.17) is 15.2 Å². The van der Waals surface area contributed by atoms with Gasteiger partial charge in [0.2, 0.25) is 0 Å². The first-order valence-electron chi connectivity index (χ1n) is 8.58. The minimum atomic E-state index is 0.577. The number of hydrogen-bond donors (Lipinski definition) is 1. The van der Waals surface area contributed by atoms with Crippen LogP contribution in [0.15, 0.2) is 12.1 Å². The van der Waals surface area contributed by atoms with Gasteiger partial charge in [0.1, 0.15) is 11.5 Å². The lowest BCUT2D eigenvalue weighted by Crippen LogP contribution is -1.95. The molecule has 1 aliphatic carbocycles. The van der Waals surface area contributed by atoms with Crippen molar-refractivity contribution in [2.75, 3.05) is 20.0 Å². The maximum atomic E-state index is 5.82. The lowest BCUT2D eigenvalue weighted by molar-refractivity contribution is 0.401. The van der Waals surface area contributed by atoms with Crippen molar-refractivity contribution >= 4 is 16.5 Å². The van der Waals surface area contributed by atoms with E-state index in [-0.39, 0.29) is 0 Å². The van der Waals surface area contributed by atoms with Crippen molar-refractivity contribution in [3.05, 3.63) is 22.6 Å². The monoisotopic (exact) mass is 348 g/mol. The number of anilines is 1. The molecule has 4 nitrogen and oxygen atoms in total. The summed E-state index contributed by atoms with van der Waals surface area (Å²) in [7, 11) is 3.32. The highest BCUT2D eigenvalue weighted by Crippen LogP contribution is 2.39. The molecule has 0 saturated heterocycles. The van der Waals surface area contributed by atoms with Crippen LogP contribution in [-0.4, -0.2) is 19.2 Å². The van der Waals surface area contributed by atoms with Crippen LogP contribution in [0.5, 0.6) is 11.5 Å². The molecule has 1 aromatic carbocycles. The summed E-state index contributed by atoms with van der Waals surface area (Å²) in [5, 5.41) is 0.577. The largest absolute Gasteiger partial charge is 0.496 e. The summed E-state index contributed by atoms with van der Waals surface area (Å²) in [6.45, 7) is 4.08. The van der Waals surface area contributed by atoms with Crippen LogP contribution in [0.25, 0.3) is 11.3 Å². The first kappa shape index (κ1) is 18.6. The van der Waals surface area contributed by atoms with E-state index in [0.717, 1.165) is 39.6 Å². The molecule has 132 valence electrons. The SMILES string of the molecule is C1CCCC1.CCc1sc(N)nc1-c1cc(OC)c(C)cc1OC. The molecule has 0 amide bonds. The normalized spacial score (nSPS) is 13.3. The Labute approximate surface area is 149 Å². The van der Waals surface area contributed by atoms with Crippen LogP contribution in [0, 0.1) is 6.92 Å². The minimum Gasteiger partial charge on any atom is -0.496 e. The molecule has 3 rings (SSSR count). The van der Waals surface area contributed by atoms with Gasteiger partial charge in [-0.2, -0.15) is 0 Å². The van der Waals surface area contributed by atoms with E-state index in [9.17, 15) is 0 Å². The molecule has 1 heterocycles. The number of nitrogens with zero attached hydrogens (tertiary/aromatic N) is 1. The van der Waals surface area contributed by atoms with Crippen molar-refractivity contribution in [2.45, 2.75) is 52.4 Å². The Balaban J connectivity index is 0.000000355. The Bertz CT molecular complexity index is 656. The van der Waals surface area contributed by atoms with Crippen LogP contribution in [-0.2, 0) is 6.42 Å². The summed E-state index contributed by atoms with van der Waals surface area (Å²) in [4.78, 5) is 5.58. The fourth-order valence-electron chi connectivity index (χ4n) is 2.94. The van der Waals surface area contributed by atoms with Gasteiger partial charge in [-0.05, 0) is 31.0 Å². The fourth-order valence-corrected chi connectivity index (χ4v) is 3.73. The third-order valence-corrected chi connectivity index (χ3v) is 5.29. The molecule has 1 fully saturated rings. The second-order valence-corrected chi connectivity index (χ2v) is 7.08. The number of hydrogen-bond acceptors (Lipinski definition) is 5. The Morgan fingerprint density at radius 1 is 1.04 bits per heavy atom. The Morgan fingerprint density at radius 3 is 2.12 bits per heavy atom. The molecule has 0 aliphatic heterocycles. The number of aryl methyl sites for hydroxylation is 2. The number of rotatable bonds is 4. The molecular formula is C19H28N2O2S. The molecule has 24 heavy (non-hydrogen) atoms. The molecule has 1 saturated carbocycles. The van der Waals surface area contributed by atoms with E-state index in [1.807, 2.05) is 19.1 Å². The summed E-state index contributed by atoms with van der Waals surface area (Å²) in [6, 6.07) is 3.92. The molecular weight excluding hydrogens is 320 g/mol. The topological polar surface area (TPSA) is 57.4 Å². The maximum Gasteiger partial charge on any atom is 0.180 e. The maximum absolute atomic E-state index is 5.82. The summed E-state index contributed by atoms with van der Waals surface area (Å²) in [5.41, 5.74) is 8.67. The van der Waals surface area contributed by atoms with Crippen LogP contribution < -0.4 is 15.2 Å². The van der Waals surface area contributed by atoms with Crippen molar-refractivity contribution in [1.29, 1.82) is 0 Å². The van der Waals surface area contributed by atoms with Crippen molar-refractivity contribution < 1.29 is 9.47 Å². The van der Waals surface area contributed by atoms with Crippen LogP contribution >= 0.6 is 11.3 Å². The predicted molar refractivity (Wildman–Crippen MR) is 102 cm³/mol. The standard InChI is InChI=1S/C14H18N2O2S.C5H10/c1-5-12-13(16-14(15)19-12)9-7-10(17-3)8(2)6-11(9)18-4;1-2-4-5-3-1/h6-7H,5H2,1-4H3,(H2,15,16);1-5H2. The molecule has 1 aliphatic rings. The van der Waals surface area contributed by atoms with Gasteiger partial charge < -0.3 is 15.2 Å². The van der Waals surface area contributed by atoms with E-state index >= 15 is 0 Å². The Morgan fingerprint density at radius 2 is 1.62 bits per heavy atom. The van der Waals surface area contributed by atoms with Crippen molar-refractivity contribution in [3.63, 3.8) is 0 Å². The number of ether oxygens (including phenoxy) is 2. The molecule has 1 aromatic heterocycles. The van der Waals surface area contributed by atoms with Gasteiger partial charge in [-0.25, -0.2) is 4.98 Å². The predicted octanol–water partition coefficient (Wildman–Crippen LogP) is 5.23. The quantitative estimate of drug-likeness (QED) is 0.822. The third kappa shape index (κ3) is 4.41. The van der Waals surface area contributed by atoms with Gasteiger partial charge >= 0.3 is 0 Å². The smallest absolute Gasteiger partial charge is 0.180 e. The second kappa shape index (κ2) is 8.92. The summed E-state index contributed by atoms with van der Waals surface area (Å²) in [5.74, 6) is 1.61. The van der Waals surface area contributed by atoms with E-state index in [2.05, 4.69) is 11.9 Å². The Kier molecular flexibility index (Phi) is 6.91. The van der Waals surface area contributed by atoms with Crippen molar-refractivity contribution in [1.82, 2.24) is 4.98 Å². The summed E-state index contributed by atoms with van der Waals surface area (Å²) < 4.78 is 10.8. The zero-order chi connectivity index (χ0) is 17.5. The highest BCUT2D eigenvalue weighted by Gasteiger charge is 2.17. The number of nitrogens with two attached hydrogens (primary N) is 1. The highest BCUT2D eigenvalue weighted by molar-refractivity contribution is 7.15. The zero-order valence-electron chi connectivity index (χ0n) is 15.1. The van der Waals surface area contributed by atoms with Crippen LogP contribution in [0.1, 0.15) is 49.5 Å². The average Bonchev–Trinajstić information content (AvgIpc) is 3.27. The summed E-state index contributed by atoms with van der Waals surface area (Å²) in [6.07, 6.45) is 8.39. The zero-order valence-corrected chi connectivity index (χ0v) is 16.0. The molecule has 0 radical (unpaired) electrons. The van der Waals surface area contributed by atoms with Crippen LogP contribution in [0.4, 0.5) is 5.13 Å². The van der Waals surface area contributed by atoms with Gasteiger partial charge in [-0.3, -0.25) is 0 Å². The highest BCUT2D eigenvalue weighted by atomic mass is 32.1. The summed E-state index contributed by atoms with van der Waals surface area (Å²) >= 11 is 1.52. The van der Waals surface area contributed by atoms with Gasteiger partial charge in [0, 0.05) is 10.4 Å². The van der Waals surface area contributed by atoms with E-state index in [1.54, 1.807) is 14.2 Å². The Hall–Kier alpha value is -1.75. The first-order chi connectivity index (χ1) is 11.6. The second-order valence-electron chi connectivity index (χ2n) is 5.97. The molecule has 2 aromatic rings. The average molecular weight is 349 g/mol. The molecule has 2 N–H and O–H groups in total. The molecule has 5 heteroatoms. The lowest BCUT2D eigenvalue weighted by atomic mass is 10.1. The van der Waals surface area contributed by atoms with Crippen molar-refractivity contribution in [2.24, 2.45) is 0 Å². The number of benzene rings is 1. The van der Waals surface area contributed by atoms with Gasteiger partial charge in [0.25, 0.3) is 0 Å². The molecule has 0 unspecified atom stereocenters. The van der Waals surface area contributed by atoms with Crippen LogP contribution in [0.2, 0.25) is 0 Å².